The fraction of sp³-hybridized carbons (Fsp3) is 0.381. The van der Waals surface area contributed by atoms with Crippen LogP contribution < -0.4 is 10.6 Å². The van der Waals surface area contributed by atoms with Gasteiger partial charge in [0.25, 0.3) is 5.91 Å². The Hall–Kier alpha value is -2.73. The van der Waals surface area contributed by atoms with E-state index in [4.69, 9.17) is 0 Å². The molecule has 0 radical (unpaired) electrons. The second-order valence-electron chi connectivity index (χ2n) is 7.07. The third-order valence-electron chi connectivity index (χ3n) is 4.76. The van der Waals surface area contributed by atoms with Crippen LogP contribution >= 0.6 is 0 Å². The molecule has 2 heterocycles. The van der Waals surface area contributed by atoms with Gasteiger partial charge in [0.15, 0.2) is 0 Å². The highest BCUT2D eigenvalue weighted by Crippen LogP contribution is 2.19. The largest absolute Gasteiger partial charge is 0.352 e. The molecule has 2 aromatic rings. The second-order valence-corrected chi connectivity index (χ2v) is 7.07. The molecule has 0 aliphatic carbocycles. The maximum absolute atomic E-state index is 12.2. The van der Waals surface area contributed by atoms with Crippen molar-refractivity contribution in [3.8, 4) is 0 Å². The average molecular weight is 366 g/mol. The smallest absolute Gasteiger partial charge is 0.252 e. The lowest BCUT2D eigenvalue weighted by atomic mass is 9.97. The van der Waals surface area contributed by atoms with E-state index in [9.17, 15) is 9.59 Å². The van der Waals surface area contributed by atoms with Gasteiger partial charge in [-0.15, -0.1) is 0 Å². The molecule has 27 heavy (non-hydrogen) atoms. The Morgan fingerprint density at radius 1 is 1.22 bits per heavy atom. The SMILES string of the molecule is CC(=O)Nc1ccc(CN2CCC[C@@H](CNC(=O)c3cccnc3)C2)cc1. The zero-order chi connectivity index (χ0) is 19.1. The molecule has 0 bridgehead atoms. The normalized spacial score (nSPS) is 17.3. The van der Waals surface area contributed by atoms with E-state index >= 15 is 0 Å². The number of nitrogens with one attached hydrogen (secondary N) is 2. The number of benzene rings is 1. The minimum Gasteiger partial charge on any atom is -0.352 e. The van der Waals surface area contributed by atoms with Crippen molar-refractivity contribution in [2.75, 3.05) is 25.0 Å². The lowest BCUT2D eigenvalue weighted by Crippen LogP contribution is -2.40. The molecule has 1 fully saturated rings. The van der Waals surface area contributed by atoms with Gasteiger partial charge >= 0.3 is 0 Å². The highest BCUT2D eigenvalue weighted by Gasteiger charge is 2.20. The fourth-order valence-electron chi connectivity index (χ4n) is 3.45. The number of carbonyl (C=O) groups excluding carboxylic acids is 2. The van der Waals surface area contributed by atoms with Crippen LogP contribution in [0.2, 0.25) is 0 Å². The first-order valence-corrected chi connectivity index (χ1v) is 9.37. The number of anilines is 1. The van der Waals surface area contributed by atoms with Gasteiger partial charge in [-0.05, 0) is 55.1 Å². The molecule has 6 nitrogen and oxygen atoms in total. The van der Waals surface area contributed by atoms with Gasteiger partial charge in [-0.25, -0.2) is 0 Å². The molecule has 0 saturated carbocycles. The first-order valence-electron chi connectivity index (χ1n) is 9.37. The summed E-state index contributed by atoms with van der Waals surface area (Å²) in [5, 5.41) is 5.82. The van der Waals surface area contributed by atoms with Gasteiger partial charge in [-0.3, -0.25) is 19.5 Å². The molecule has 2 amide bonds. The lowest BCUT2D eigenvalue weighted by molar-refractivity contribution is -0.114. The quantitative estimate of drug-likeness (QED) is 0.824. The van der Waals surface area contributed by atoms with E-state index in [1.807, 2.05) is 12.1 Å². The zero-order valence-electron chi connectivity index (χ0n) is 15.6. The van der Waals surface area contributed by atoms with Crippen LogP contribution in [0.4, 0.5) is 5.69 Å². The Kier molecular flexibility index (Phi) is 6.54. The first kappa shape index (κ1) is 19.0. The van der Waals surface area contributed by atoms with E-state index in [0.29, 0.717) is 18.0 Å². The molecule has 1 aliphatic rings. The Morgan fingerprint density at radius 3 is 2.74 bits per heavy atom. The Morgan fingerprint density at radius 2 is 2.04 bits per heavy atom. The topological polar surface area (TPSA) is 74.3 Å². The summed E-state index contributed by atoms with van der Waals surface area (Å²) < 4.78 is 0. The summed E-state index contributed by atoms with van der Waals surface area (Å²) >= 11 is 0. The Labute approximate surface area is 160 Å². The molecule has 2 N–H and O–H groups in total. The molecule has 6 heteroatoms. The van der Waals surface area contributed by atoms with Gasteiger partial charge in [-0.1, -0.05) is 12.1 Å². The highest BCUT2D eigenvalue weighted by atomic mass is 16.2. The summed E-state index contributed by atoms with van der Waals surface area (Å²) in [7, 11) is 0. The number of aromatic nitrogens is 1. The van der Waals surface area contributed by atoms with Crippen molar-refractivity contribution >= 4 is 17.5 Å². The molecule has 1 saturated heterocycles. The maximum Gasteiger partial charge on any atom is 0.252 e. The average Bonchev–Trinajstić information content (AvgIpc) is 2.68. The van der Waals surface area contributed by atoms with Crippen LogP contribution in [0.25, 0.3) is 0 Å². The molecule has 1 atom stereocenters. The van der Waals surface area contributed by atoms with Crippen LogP contribution in [0.15, 0.2) is 48.8 Å². The van der Waals surface area contributed by atoms with E-state index in [0.717, 1.165) is 38.2 Å². The van der Waals surface area contributed by atoms with E-state index in [1.165, 1.54) is 12.5 Å². The van der Waals surface area contributed by atoms with Crippen molar-refractivity contribution in [1.82, 2.24) is 15.2 Å². The monoisotopic (exact) mass is 366 g/mol. The lowest BCUT2D eigenvalue weighted by Gasteiger charge is -2.32. The number of hydrogen-bond acceptors (Lipinski definition) is 4. The second kappa shape index (κ2) is 9.28. The van der Waals surface area contributed by atoms with Crippen LogP contribution in [0.3, 0.4) is 0 Å². The molecule has 1 aromatic carbocycles. The molecule has 1 aromatic heterocycles. The van der Waals surface area contributed by atoms with Crippen molar-refractivity contribution in [1.29, 1.82) is 0 Å². The van der Waals surface area contributed by atoms with Crippen LogP contribution in [-0.2, 0) is 11.3 Å². The predicted octanol–water partition coefficient (Wildman–Crippen LogP) is 2.68. The summed E-state index contributed by atoms with van der Waals surface area (Å²) in [6, 6.07) is 11.5. The molecule has 1 aliphatic heterocycles. The minimum atomic E-state index is -0.0613. The summed E-state index contributed by atoms with van der Waals surface area (Å²) in [6.45, 7) is 5.12. The van der Waals surface area contributed by atoms with Crippen LogP contribution in [0.1, 0.15) is 35.7 Å². The summed E-state index contributed by atoms with van der Waals surface area (Å²) in [4.78, 5) is 29.7. The number of amides is 2. The van der Waals surface area contributed by atoms with Crippen molar-refractivity contribution in [3.63, 3.8) is 0 Å². The van der Waals surface area contributed by atoms with Gasteiger partial charge in [0.2, 0.25) is 5.91 Å². The summed E-state index contributed by atoms with van der Waals surface area (Å²) in [5.41, 5.74) is 2.65. The van der Waals surface area contributed by atoms with Crippen LogP contribution in [0.5, 0.6) is 0 Å². The molecular formula is C21H26N4O2. The third kappa shape index (κ3) is 5.89. The fourth-order valence-corrected chi connectivity index (χ4v) is 3.45. The molecule has 3 rings (SSSR count). The standard InChI is InChI=1S/C21H26N4O2/c1-16(26)24-20-8-6-17(7-9-20)14-25-11-3-4-18(15-25)12-23-21(27)19-5-2-10-22-13-19/h2,5-10,13,18H,3-4,11-12,14-15H2,1H3,(H,23,27)(H,24,26)/t18-/m0/s1. The first-order chi connectivity index (χ1) is 13.1. The molecule has 142 valence electrons. The molecular weight excluding hydrogens is 340 g/mol. The number of nitrogens with zero attached hydrogens (tertiary/aromatic N) is 2. The Balaban J connectivity index is 1.47. The van der Waals surface area contributed by atoms with E-state index < -0.39 is 0 Å². The van der Waals surface area contributed by atoms with Crippen molar-refractivity contribution in [2.45, 2.75) is 26.3 Å². The number of piperidine rings is 1. The predicted molar refractivity (Wildman–Crippen MR) is 105 cm³/mol. The summed E-state index contributed by atoms with van der Waals surface area (Å²) in [6.07, 6.45) is 5.52. The number of rotatable bonds is 6. The highest BCUT2D eigenvalue weighted by molar-refractivity contribution is 5.93. The van der Waals surface area contributed by atoms with Crippen LogP contribution in [-0.4, -0.2) is 41.3 Å². The maximum atomic E-state index is 12.2. The van der Waals surface area contributed by atoms with Crippen molar-refractivity contribution < 1.29 is 9.59 Å². The number of likely N-dealkylation sites (tertiary alicyclic amines) is 1. The number of pyridine rings is 1. The minimum absolute atomic E-state index is 0.0602. The van der Waals surface area contributed by atoms with E-state index in [-0.39, 0.29) is 11.8 Å². The van der Waals surface area contributed by atoms with Gasteiger partial charge in [0.1, 0.15) is 0 Å². The van der Waals surface area contributed by atoms with Gasteiger partial charge in [0, 0.05) is 44.6 Å². The number of hydrogen-bond donors (Lipinski definition) is 2. The van der Waals surface area contributed by atoms with Gasteiger partial charge < -0.3 is 10.6 Å². The third-order valence-corrected chi connectivity index (χ3v) is 4.76. The van der Waals surface area contributed by atoms with Crippen molar-refractivity contribution in [2.24, 2.45) is 5.92 Å². The van der Waals surface area contributed by atoms with E-state index in [2.05, 4.69) is 32.7 Å². The number of carbonyl (C=O) groups is 2. The summed E-state index contributed by atoms with van der Waals surface area (Å²) in [5.74, 6) is 0.335. The van der Waals surface area contributed by atoms with Gasteiger partial charge in [-0.2, -0.15) is 0 Å². The van der Waals surface area contributed by atoms with Crippen molar-refractivity contribution in [3.05, 3.63) is 59.9 Å². The molecule has 0 spiro atoms. The van der Waals surface area contributed by atoms with E-state index in [1.54, 1.807) is 24.5 Å². The van der Waals surface area contributed by atoms with Crippen LogP contribution in [0, 0.1) is 5.92 Å². The zero-order valence-corrected chi connectivity index (χ0v) is 15.6. The Bertz CT molecular complexity index is 762. The van der Waals surface area contributed by atoms with Gasteiger partial charge in [0.05, 0.1) is 5.56 Å². The molecule has 0 unspecified atom stereocenters.